The van der Waals surface area contributed by atoms with E-state index < -0.39 is 17.6 Å². The summed E-state index contributed by atoms with van der Waals surface area (Å²) >= 11 is 0. The monoisotopic (exact) mass is 276 g/mol. The van der Waals surface area contributed by atoms with Crippen LogP contribution in [0.5, 0.6) is 0 Å². The van der Waals surface area contributed by atoms with Crippen LogP contribution in [0.4, 0.5) is 20.2 Å². The normalized spacial score (nSPS) is 10.1. The Morgan fingerprint density at radius 2 is 1.90 bits per heavy atom. The largest absolute Gasteiger partial charge is 0.478 e. The standard InChI is InChI=1S/C14H10F2N2O2/c15-11-3-2-10(6-12(11)16)18-13-4-1-8(14(19)20)5-9(13)7-17/h1-7,17-18H,(H,19,20). The molecule has 0 bridgehead atoms. The number of carboxylic acids is 1. The van der Waals surface area contributed by atoms with E-state index in [2.05, 4.69) is 5.32 Å². The molecule has 2 aromatic carbocycles. The lowest BCUT2D eigenvalue weighted by atomic mass is 10.1. The van der Waals surface area contributed by atoms with Crippen LogP contribution >= 0.6 is 0 Å². The lowest BCUT2D eigenvalue weighted by Crippen LogP contribution is -2.01. The Morgan fingerprint density at radius 3 is 2.50 bits per heavy atom. The van der Waals surface area contributed by atoms with Crippen LogP contribution in [-0.4, -0.2) is 17.3 Å². The number of aromatic carboxylic acids is 1. The molecule has 6 heteroatoms. The minimum Gasteiger partial charge on any atom is -0.478 e. The SMILES string of the molecule is N=Cc1cc(C(=O)O)ccc1Nc1ccc(F)c(F)c1. The minimum atomic E-state index is -1.10. The molecule has 0 amide bonds. The number of nitrogens with one attached hydrogen (secondary N) is 2. The van der Waals surface area contributed by atoms with Crippen molar-refractivity contribution < 1.29 is 18.7 Å². The Kier molecular flexibility index (Phi) is 3.74. The highest BCUT2D eigenvalue weighted by Crippen LogP contribution is 2.22. The molecule has 0 radical (unpaired) electrons. The molecule has 0 saturated carbocycles. The number of anilines is 2. The highest BCUT2D eigenvalue weighted by molar-refractivity contribution is 5.94. The third-order valence-corrected chi connectivity index (χ3v) is 2.65. The van der Waals surface area contributed by atoms with Crippen LogP contribution in [0.1, 0.15) is 15.9 Å². The number of rotatable bonds is 4. The van der Waals surface area contributed by atoms with Gasteiger partial charge in [-0.1, -0.05) is 0 Å². The number of halogens is 2. The van der Waals surface area contributed by atoms with Gasteiger partial charge in [0.2, 0.25) is 0 Å². The van der Waals surface area contributed by atoms with E-state index in [1.165, 1.54) is 24.3 Å². The quantitative estimate of drug-likeness (QED) is 0.749. The fourth-order valence-corrected chi connectivity index (χ4v) is 1.66. The van der Waals surface area contributed by atoms with Gasteiger partial charge in [0, 0.05) is 29.2 Å². The maximum Gasteiger partial charge on any atom is 0.335 e. The van der Waals surface area contributed by atoms with Gasteiger partial charge in [0.05, 0.1) is 5.56 Å². The molecule has 0 spiro atoms. The molecule has 0 fully saturated rings. The number of benzene rings is 2. The van der Waals surface area contributed by atoms with Gasteiger partial charge in [0.25, 0.3) is 0 Å². The van der Waals surface area contributed by atoms with Gasteiger partial charge in [-0.2, -0.15) is 0 Å². The number of hydrogen-bond donors (Lipinski definition) is 3. The predicted molar refractivity (Wildman–Crippen MR) is 70.9 cm³/mol. The molecular formula is C14H10F2N2O2. The van der Waals surface area contributed by atoms with Gasteiger partial charge in [0.1, 0.15) is 0 Å². The molecule has 0 atom stereocenters. The summed E-state index contributed by atoms with van der Waals surface area (Å²) in [7, 11) is 0. The summed E-state index contributed by atoms with van der Waals surface area (Å²) in [6.45, 7) is 0. The molecule has 20 heavy (non-hydrogen) atoms. The third-order valence-electron chi connectivity index (χ3n) is 2.65. The van der Waals surface area contributed by atoms with Gasteiger partial charge < -0.3 is 15.8 Å². The van der Waals surface area contributed by atoms with Crippen molar-refractivity contribution in [2.75, 3.05) is 5.32 Å². The van der Waals surface area contributed by atoms with Gasteiger partial charge in [-0.3, -0.25) is 0 Å². The van der Waals surface area contributed by atoms with E-state index in [9.17, 15) is 13.6 Å². The summed E-state index contributed by atoms with van der Waals surface area (Å²) < 4.78 is 25.9. The van der Waals surface area contributed by atoms with Crippen molar-refractivity contribution in [3.05, 3.63) is 59.2 Å². The molecule has 0 saturated heterocycles. The van der Waals surface area contributed by atoms with Crippen LogP contribution in [-0.2, 0) is 0 Å². The molecule has 3 N–H and O–H groups in total. The van der Waals surface area contributed by atoms with Gasteiger partial charge in [-0.15, -0.1) is 0 Å². The highest BCUT2D eigenvalue weighted by Gasteiger charge is 2.08. The maximum atomic E-state index is 13.1. The van der Waals surface area contributed by atoms with Gasteiger partial charge >= 0.3 is 5.97 Å². The second-order valence-electron chi connectivity index (χ2n) is 4.01. The second-order valence-corrected chi connectivity index (χ2v) is 4.01. The first-order valence-corrected chi connectivity index (χ1v) is 5.61. The molecule has 0 aromatic heterocycles. The van der Waals surface area contributed by atoms with Crippen molar-refractivity contribution in [2.45, 2.75) is 0 Å². The number of carboxylic acid groups (broad SMARTS) is 1. The summed E-state index contributed by atoms with van der Waals surface area (Å²) in [6.07, 6.45) is 0.981. The molecule has 0 aliphatic rings. The van der Waals surface area contributed by atoms with Gasteiger partial charge in [-0.05, 0) is 30.3 Å². The highest BCUT2D eigenvalue weighted by atomic mass is 19.2. The number of carbonyl (C=O) groups is 1. The van der Waals surface area contributed by atoms with Gasteiger partial charge in [0.15, 0.2) is 11.6 Å². The maximum absolute atomic E-state index is 13.1. The Balaban J connectivity index is 2.35. The van der Waals surface area contributed by atoms with Crippen LogP contribution in [0.25, 0.3) is 0 Å². The molecule has 4 nitrogen and oxygen atoms in total. The summed E-state index contributed by atoms with van der Waals surface area (Å²) in [5.74, 6) is -3.05. The predicted octanol–water partition coefficient (Wildman–Crippen LogP) is 3.40. The van der Waals surface area contributed by atoms with Gasteiger partial charge in [-0.25, -0.2) is 13.6 Å². The third kappa shape index (κ3) is 2.80. The summed E-state index contributed by atoms with van der Waals surface area (Å²) in [6, 6.07) is 7.44. The summed E-state index contributed by atoms with van der Waals surface area (Å²) in [4.78, 5) is 10.8. The zero-order valence-electron chi connectivity index (χ0n) is 10.2. The van der Waals surface area contributed by atoms with Crippen molar-refractivity contribution >= 4 is 23.6 Å². The first-order valence-electron chi connectivity index (χ1n) is 5.61. The van der Waals surface area contributed by atoms with Crippen molar-refractivity contribution in [3.8, 4) is 0 Å². The number of hydrogen-bond acceptors (Lipinski definition) is 3. The van der Waals surface area contributed by atoms with E-state index in [4.69, 9.17) is 10.5 Å². The fraction of sp³-hybridized carbons (Fsp3) is 0. The van der Waals surface area contributed by atoms with E-state index in [0.717, 1.165) is 18.3 Å². The molecular weight excluding hydrogens is 266 g/mol. The molecule has 2 aromatic rings. The van der Waals surface area contributed by atoms with Crippen molar-refractivity contribution in [3.63, 3.8) is 0 Å². The van der Waals surface area contributed by atoms with Crippen molar-refractivity contribution in [1.29, 1.82) is 5.41 Å². The van der Waals surface area contributed by atoms with Crippen LogP contribution in [0.15, 0.2) is 36.4 Å². The lowest BCUT2D eigenvalue weighted by molar-refractivity contribution is 0.0697. The first-order chi connectivity index (χ1) is 9.51. The average molecular weight is 276 g/mol. The Hall–Kier alpha value is -2.76. The van der Waals surface area contributed by atoms with E-state index in [-0.39, 0.29) is 5.56 Å². The fourth-order valence-electron chi connectivity index (χ4n) is 1.66. The minimum absolute atomic E-state index is 0.0411. The molecule has 0 unspecified atom stereocenters. The zero-order valence-corrected chi connectivity index (χ0v) is 10.2. The van der Waals surface area contributed by atoms with Crippen LogP contribution in [0.2, 0.25) is 0 Å². The molecule has 0 heterocycles. The van der Waals surface area contributed by atoms with Crippen molar-refractivity contribution in [2.24, 2.45) is 0 Å². The topological polar surface area (TPSA) is 73.2 Å². The lowest BCUT2D eigenvalue weighted by Gasteiger charge is -2.10. The Morgan fingerprint density at radius 1 is 1.15 bits per heavy atom. The summed E-state index contributed by atoms with van der Waals surface area (Å²) in [5, 5.41) is 18.9. The average Bonchev–Trinajstić information content (AvgIpc) is 2.43. The molecule has 2 rings (SSSR count). The van der Waals surface area contributed by atoms with Crippen LogP contribution < -0.4 is 5.32 Å². The first kappa shape index (κ1) is 13.7. The molecule has 102 valence electrons. The van der Waals surface area contributed by atoms with Crippen LogP contribution in [0.3, 0.4) is 0 Å². The van der Waals surface area contributed by atoms with Crippen molar-refractivity contribution in [1.82, 2.24) is 0 Å². The van der Waals surface area contributed by atoms with E-state index in [0.29, 0.717) is 16.9 Å². The van der Waals surface area contributed by atoms with E-state index in [1.54, 1.807) is 0 Å². The zero-order chi connectivity index (χ0) is 14.7. The van der Waals surface area contributed by atoms with E-state index in [1.807, 2.05) is 0 Å². The molecule has 0 aliphatic heterocycles. The smallest absolute Gasteiger partial charge is 0.335 e. The Bertz CT molecular complexity index is 687. The second kappa shape index (κ2) is 5.48. The molecule has 0 aliphatic carbocycles. The Labute approximate surface area is 113 Å². The van der Waals surface area contributed by atoms with Crippen LogP contribution in [0, 0.1) is 17.0 Å². The van der Waals surface area contributed by atoms with E-state index >= 15 is 0 Å². The summed E-state index contributed by atoms with van der Waals surface area (Å²) in [5.41, 5.74) is 1.10.